The van der Waals surface area contributed by atoms with Gasteiger partial charge in [-0.3, -0.25) is 0 Å². The SMILES string of the molecule is COc1ccc(Br)cc1NCCCN1CCNCC1. The van der Waals surface area contributed by atoms with Crippen LogP contribution < -0.4 is 15.4 Å². The molecule has 0 amide bonds. The molecule has 2 N–H and O–H groups in total. The van der Waals surface area contributed by atoms with Crippen molar-refractivity contribution in [3.05, 3.63) is 22.7 Å². The van der Waals surface area contributed by atoms with E-state index in [0.717, 1.165) is 48.5 Å². The highest BCUT2D eigenvalue weighted by Gasteiger charge is 2.08. The van der Waals surface area contributed by atoms with Crippen LogP contribution in [0.15, 0.2) is 22.7 Å². The molecule has 4 nitrogen and oxygen atoms in total. The molecule has 0 aliphatic carbocycles. The molecular weight excluding hydrogens is 306 g/mol. The first-order valence-corrected chi connectivity index (χ1v) is 7.59. The van der Waals surface area contributed by atoms with Gasteiger partial charge in [-0.15, -0.1) is 0 Å². The molecule has 0 bridgehead atoms. The van der Waals surface area contributed by atoms with Gasteiger partial charge in [-0.05, 0) is 31.2 Å². The monoisotopic (exact) mass is 327 g/mol. The third kappa shape index (κ3) is 4.67. The first-order valence-electron chi connectivity index (χ1n) is 6.80. The lowest BCUT2D eigenvalue weighted by molar-refractivity contribution is 0.240. The minimum absolute atomic E-state index is 0.894. The Bertz CT molecular complexity index is 394. The Kier molecular flexibility index (Phi) is 5.94. The molecule has 1 aromatic rings. The normalized spacial score (nSPS) is 16.3. The van der Waals surface area contributed by atoms with E-state index in [2.05, 4.69) is 37.5 Å². The van der Waals surface area contributed by atoms with Crippen molar-refractivity contribution in [2.45, 2.75) is 6.42 Å². The van der Waals surface area contributed by atoms with Crippen LogP contribution in [0.1, 0.15) is 6.42 Å². The molecule has 5 heteroatoms. The van der Waals surface area contributed by atoms with Crippen molar-refractivity contribution < 1.29 is 4.74 Å². The molecule has 0 saturated carbocycles. The first-order chi connectivity index (χ1) is 9.29. The van der Waals surface area contributed by atoms with Gasteiger partial charge in [-0.2, -0.15) is 0 Å². The molecule has 0 radical (unpaired) electrons. The lowest BCUT2D eigenvalue weighted by Gasteiger charge is -2.27. The summed E-state index contributed by atoms with van der Waals surface area (Å²) in [4.78, 5) is 2.51. The van der Waals surface area contributed by atoms with E-state index in [1.807, 2.05) is 12.1 Å². The maximum absolute atomic E-state index is 5.35. The lowest BCUT2D eigenvalue weighted by atomic mass is 10.2. The molecule has 1 aliphatic rings. The third-order valence-electron chi connectivity index (χ3n) is 3.34. The van der Waals surface area contributed by atoms with Gasteiger partial charge in [-0.25, -0.2) is 0 Å². The number of nitrogens with zero attached hydrogens (tertiary/aromatic N) is 1. The zero-order chi connectivity index (χ0) is 13.5. The zero-order valence-corrected chi connectivity index (χ0v) is 13.0. The average molecular weight is 328 g/mol. The first kappa shape index (κ1) is 14.6. The number of hydrogen-bond acceptors (Lipinski definition) is 4. The number of anilines is 1. The van der Waals surface area contributed by atoms with Gasteiger partial charge in [0.2, 0.25) is 0 Å². The van der Waals surface area contributed by atoms with Crippen LogP contribution in [0.3, 0.4) is 0 Å². The van der Waals surface area contributed by atoms with Gasteiger partial charge in [0.05, 0.1) is 12.8 Å². The summed E-state index contributed by atoms with van der Waals surface area (Å²) in [5, 5.41) is 6.82. The van der Waals surface area contributed by atoms with Crippen molar-refractivity contribution in [3.63, 3.8) is 0 Å². The smallest absolute Gasteiger partial charge is 0.142 e. The van der Waals surface area contributed by atoms with E-state index in [1.54, 1.807) is 7.11 Å². The Morgan fingerprint density at radius 3 is 2.89 bits per heavy atom. The van der Waals surface area contributed by atoms with Crippen LogP contribution in [0.5, 0.6) is 5.75 Å². The van der Waals surface area contributed by atoms with Gasteiger partial charge >= 0.3 is 0 Å². The summed E-state index contributed by atoms with van der Waals surface area (Å²) in [6.45, 7) is 6.70. The van der Waals surface area contributed by atoms with Crippen LogP contribution in [0.2, 0.25) is 0 Å². The molecular formula is C14H22BrN3O. The topological polar surface area (TPSA) is 36.5 Å². The highest BCUT2D eigenvalue weighted by molar-refractivity contribution is 9.10. The molecule has 1 aromatic carbocycles. The van der Waals surface area contributed by atoms with Gasteiger partial charge in [0, 0.05) is 37.2 Å². The molecule has 106 valence electrons. The van der Waals surface area contributed by atoms with E-state index in [-0.39, 0.29) is 0 Å². The van der Waals surface area contributed by atoms with Gasteiger partial charge in [0.15, 0.2) is 0 Å². The Balaban J connectivity index is 1.74. The molecule has 19 heavy (non-hydrogen) atoms. The highest BCUT2D eigenvalue weighted by Crippen LogP contribution is 2.27. The summed E-state index contributed by atoms with van der Waals surface area (Å²) < 4.78 is 6.41. The third-order valence-corrected chi connectivity index (χ3v) is 3.83. The predicted molar refractivity (Wildman–Crippen MR) is 83.1 cm³/mol. The van der Waals surface area contributed by atoms with E-state index in [9.17, 15) is 0 Å². The van der Waals surface area contributed by atoms with Gasteiger partial charge in [-0.1, -0.05) is 15.9 Å². The molecule has 1 saturated heterocycles. The molecule has 1 aliphatic heterocycles. The Labute approximate surface area is 123 Å². The van der Waals surface area contributed by atoms with Gasteiger partial charge in [0.25, 0.3) is 0 Å². The van der Waals surface area contributed by atoms with Crippen molar-refractivity contribution in [3.8, 4) is 5.75 Å². The Morgan fingerprint density at radius 1 is 1.37 bits per heavy atom. The minimum Gasteiger partial charge on any atom is -0.495 e. The minimum atomic E-state index is 0.894. The second-order valence-electron chi connectivity index (χ2n) is 4.72. The van der Waals surface area contributed by atoms with Crippen molar-refractivity contribution in [2.24, 2.45) is 0 Å². The number of ether oxygens (including phenoxy) is 1. The zero-order valence-electron chi connectivity index (χ0n) is 11.4. The largest absolute Gasteiger partial charge is 0.495 e. The summed E-state index contributed by atoms with van der Waals surface area (Å²) >= 11 is 3.49. The molecule has 0 atom stereocenters. The van der Waals surface area contributed by atoms with Gasteiger partial charge < -0.3 is 20.3 Å². The summed E-state index contributed by atoms with van der Waals surface area (Å²) in [7, 11) is 1.70. The quantitative estimate of drug-likeness (QED) is 0.785. The van der Waals surface area contributed by atoms with Crippen LogP contribution in [0.4, 0.5) is 5.69 Å². The van der Waals surface area contributed by atoms with Crippen LogP contribution in [-0.4, -0.2) is 51.3 Å². The summed E-state index contributed by atoms with van der Waals surface area (Å²) in [6.07, 6.45) is 1.15. The fourth-order valence-electron chi connectivity index (χ4n) is 2.28. The van der Waals surface area contributed by atoms with Crippen LogP contribution in [0, 0.1) is 0 Å². The number of benzene rings is 1. The summed E-state index contributed by atoms with van der Waals surface area (Å²) in [6, 6.07) is 6.02. The maximum Gasteiger partial charge on any atom is 0.142 e. The van der Waals surface area contributed by atoms with E-state index in [4.69, 9.17) is 4.74 Å². The summed E-state index contributed by atoms with van der Waals surface area (Å²) in [5.41, 5.74) is 1.05. The number of nitrogens with one attached hydrogen (secondary N) is 2. The second kappa shape index (κ2) is 7.72. The van der Waals surface area contributed by atoms with Crippen molar-refractivity contribution in [1.82, 2.24) is 10.2 Å². The van der Waals surface area contributed by atoms with Crippen molar-refractivity contribution in [2.75, 3.05) is 51.7 Å². The molecule has 1 heterocycles. The molecule has 0 spiro atoms. The molecule has 0 aromatic heterocycles. The van der Waals surface area contributed by atoms with Crippen molar-refractivity contribution >= 4 is 21.6 Å². The predicted octanol–water partition coefficient (Wildman–Crippen LogP) is 2.16. The lowest BCUT2D eigenvalue weighted by Crippen LogP contribution is -2.44. The van der Waals surface area contributed by atoms with Crippen LogP contribution in [-0.2, 0) is 0 Å². The Hall–Kier alpha value is -0.780. The number of hydrogen-bond donors (Lipinski definition) is 2. The van der Waals surface area contributed by atoms with Crippen molar-refractivity contribution in [1.29, 1.82) is 0 Å². The fraction of sp³-hybridized carbons (Fsp3) is 0.571. The average Bonchev–Trinajstić information content (AvgIpc) is 2.45. The molecule has 0 unspecified atom stereocenters. The summed E-state index contributed by atoms with van der Waals surface area (Å²) in [5.74, 6) is 0.894. The molecule has 1 fully saturated rings. The van der Waals surface area contributed by atoms with Crippen LogP contribution >= 0.6 is 15.9 Å². The van der Waals surface area contributed by atoms with E-state index in [0.29, 0.717) is 0 Å². The van der Waals surface area contributed by atoms with E-state index in [1.165, 1.54) is 13.1 Å². The number of rotatable bonds is 6. The maximum atomic E-state index is 5.35. The standard InChI is InChI=1S/C14H22BrN3O/c1-19-14-4-3-12(15)11-13(14)17-5-2-8-18-9-6-16-7-10-18/h3-4,11,16-17H,2,5-10H2,1H3. The number of halogens is 1. The number of methoxy groups -OCH3 is 1. The van der Waals surface area contributed by atoms with E-state index >= 15 is 0 Å². The molecule has 2 rings (SSSR count). The Morgan fingerprint density at radius 2 is 2.16 bits per heavy atom. The van der Waals surface area contributed by atoms with E-state index < -0.39 is 0 Å². The highest BCUT2D eigenvalue weighted by atomic mass is 79.9. The number of piperazine rings is 1. The van der Waals surface area contributed by atoms with Crippen LogP contribution in [0.25, 0.3) is 0 Å². The fourth-order valence-corrected chi connectivity index (χ4v) is 2.64. The second-order valence-corrected chi connectivity index (χ2v) is 5.63. The van der Waals surface area contributed by atoms with Gasteiger partial charge in [0.1, 0.15) is 5.75 Å².